The first kappa shape index (κ1) is 20.5. The molecule has 0 spiro atoms. The molecule has 150 valence electrons. The fourth-order valence-corrected chi connectivity index (χ4v) is 5.55. The second-order valence-electron chi connectivity index (χ2n) is 6.48. The number of carbonyl (C=O) groups excluding carboxylic acids is 3. The van der Waals surface area contributed by atoms with Crippen molar-refractivity contribution in [3.63, 3.8) is 0 Å². The molecule has 1 N–H and O–H groups in total. The molecule has 6 nitrogen and oxygen atoms in total. The van der Waals surface area contributed by atoms with E-state index in [9.17, 15) is 14.4 Å². The van der Waals surface area contributed by atoms with E-state index in [4.69, 9.17) is 9.47 Å². The normalized spacial score (nSPS) is 12.5. The van der Waals surface area contributed by atoms with E-state index in [1.54, 1.807) is 13.0 Å². The van der Waals surface area contributed by atoms with Crippen LogP contribution in [0.1, 0.15) is 61.2 Å². The molecule has 0 radical (unpaired) electrons. The van der Waals surface area contributed by atoms with Crippen molar-refractivity contribution < 1.29 is 23.9 Å². The van der Waals surface area contributed by atoms with Gasteiger partial charge in [0.05, 0.1) is 12.2 Å². The maximum atomic E-state index is 12.3. The van der Waals surface area contributed by atoms with Crippen molar-refractivity contribution >= 4 is 45.5 Å². The van der Waals surface area contributed by atoms with Crippen LogP contribution >= 0.6 is 22.7 Å². The molecule has 1 amide bonds. The van der Waals surface area contributed by atoms with Gasteiger partial charge in [-0.05, 0) is 56.7 Å². The van der Waals surface area contributed by atoms with E-state index in [-0.39, 0.29) is 6.61 Å². The molecule has 0 aliphatic heterocycles. The second kappa shape index (κ2) is 8.87. The zero-order valence-corrected chi connectivity index (χ0v) is 17.8. The van der Waals surface area contributed by atoms with Gasteiger partial charge < -0.3 is 14.8 Å². The maximum Gasteiger partial charge on any atom is 0.348 e. The number of carbonyl (C=O) groups is 3. The summed E-state index contributed by atoms with van der Waals surface area (Å²) in [6.07, 6.45) is 3.56. The molecule has 3 rings (SSSR count). The number of fused-ring (bicyclic) bond motifs is 1. The van der Waals surface area contributed by atoms with E-state index in [1.165, 1.54) is 22.7 Å². The van der Waals surface area contributed by atoms with Crippen molar-refractivity contribution in [2.45, 2.75) is 46.5 Å². The Morgan fingerprint density at radius 2 is 1.89 bits per heavy atom. The molecule has 0 atom stereocenters. The molecular weight excluding hydrogens is 398 g/mol. The van der Waals surface area contributed by atoms with Crippen molar-refractivity contribution in [1.82, 2.24) is 0 Å². The number of ether oxygens (including phenoxy) is 2. The van der Waals surface area contributed by atoms with Crippen LogP contribution in [0.25, 0.3) is 0 Å². The number of rotatable bonds is 7. The van der Waals surface area contributed by atoms with Crippen molar-refractivity contribution in [2.75, 3.05) is 18.5 Å². The summed E-state index contributed by atoms with van der Waals surface area (Å²) >= 11 is 2.78. The van der Waals surface area contributed by atoms with Gasteiger partial charge in [-0.25, -0.2) is 9.59 Å². The van der Waals surface area contributed by atoms with Crippen LogP contribution in [0.2, 0.25) is 0 Å². The molecule has 2 aromatic heterocycles. The lowest BCUT2D eigenvalue weighted by Gasteiger charge is -2.08. The minimum atomic E-state index is -0.512. The number of thiophene rings is 2. The zero-order valence-electron chi connectivity index (χ0n) is 16.2. The van der Waals surface area contributed by atoms with E-state index in [1.807, 2.05) is 13.8 Å². The highest BCUT2D eigenvalue weighted by atomic mass is 32.1. The minimum Gasteiger partial charge on any atom is -0.462 e. The van der Waals surface area contributed by atoms with Gasteiger partial charge in [-0.2, -0.15) is 0 Å². The molecule has 1 aliphatic carbocycles. The zero-order chi connectivity index (χ0) is 20.3. The van der Waals surface area contributed by atoms with Crippen LogP contribution in [0.4, 0.5) is 5.00 Å². The standard InChI is InChI=1S/C20H23NO5S2/c1-4-13-11(3)9-15(27-13)19(23)26-10-16(22)21-18-17(20(24)25-5-2)12-7-6-8-14(12)28-18/h9H,4-8,10H2,1-3H3,(H,21,22). The highest BCUT2D eigenvalue weighted by Gasteiger charge is 2.28. The molecule has 0 unspecified atom stereocenters. The van der Waals surface area contributed by atoms with Gasteiger partial charge in [0.1, 0.15) is 9.88 Å². The molecule has 1 aliphatic rings. The van der Waals surface area contributed by atoms with E-state index in [2.05, 4.69) is 5.32 Å². The largest absolute Gasteiger partial charge is 0.462 e. The Morgan fingerprint density at radius 3 is 2.57 bits per heavy atom. The van der Waals surface area contributed by atoms with Crippen LogP contribution in [0.3, 0.4) is 0 Å². The lowest BCUT2D eigenvalue weighted by Crippen LogP contribution is -2.21. The Bertz CT molecular complexity index is 912. The second-order valence-corrected chi connectivity index (χ2v) is 8.72. The van der Waals surface area contributed by atoms with Gasteiger partial charge in [0.2, 0.25) is 0 Å². The number of esters is 2. The lowest BCUT2D eigenvalue weighted by molar-refractivity contribution is -0.119. The number of nitrogens with one attached hydrogen (secondary N) is 1. The summed E-state index contributed by atoms with van der Waals surface area (Å²) in [4.78, 5) is 39.6. The summed E-state index contributed by atoms with van der Waals surface area (Å²) in [6.45, 7) is 5.60. The van der Waals surface area contributed by atoms with Crippen LogP contribution < -0.4 is 5.32 Å². The Labute approximate surface area is 171 Å². The van der Waals surface area contributed by atoms with Gasteiger partial charge in [-0.3, -0.25) is 4.79 Å². The molecular formula is C20H23NO5S2. The summed E-state index contributed by atoms with van der Waals surface area (Å²) in [6, 6.07) is 1.78. The van der Waals surface area contributed by atoms with Crippen molar-refractivity contribution in [2.24, 2.45) is 0 Å². The topological polar surface area (TPSA) is 81.7 Å². The van der Waals surface area contributed by atoms with E-state index >= 15 is 0 Å². The summed E-state index contributed by atoms with van der Waals surface area (Å²) in [5.41, 5.74) is 2.47. The number of anilines is 1. The average Bonchev–Trinajstić information content (AvgIpc) is 3.33. The minimum absolute atomic E-state index is 0.272. The fraction of sp³-hybridized carbons (Fsp3) is 0.450. The van der Waals surface area contributed by atoms with Gasteiger partial charge in [0, 0.05) is 9.75 Å². The summed E-state index contributed by atoms with van der Waals surface area (Å²) in [7, 11) is 0. The summed E-state index contributed by atoms with van der Waals surface area (Å²) in [5.74, 6) is -1.40. The maximum absolute atomic E-state index is 12.3. The summed E-state index contributed by atoms with van der Waals surface area (Å²) in [5, 5.41) is 3.20. The lowest BCUT2D eigenvalue weighted by atomic mass is 10.1. The monoisotopic (exact) mass is 421 g/mol. The predicted molar refractivity (Wildman–Crippen MR) is 110 cm³/mol. The van der Waals surface area contributed by atoms with Crippen molar-refractivity contribution in [3.8, 4) is 0 Å². The molecule has 0 saturated heterocycles. The molecule has 2 aromatic rings. The average molecular weight is 422 g/mol. The van der Waals surface area contributed by atoms with Crippen LogP contribution in [-0.4, -0.2) is 31.1 Å². The van der Waals surface area contributed by atoms with Crippen LogP contribution in [-0.2, 0) is 33.5 Å². The third-order valence-electron chi connectivity index (χ3n) is 4.53. The van der Waals surface area contributed by atoms with E-state index < -0.39 is 24.5 Å². The summed E-state index contributed by atoms with van der Waals surface area (Å²) < 4.78 is 10.3. The smallest absolute Gasteiger partial charge is 0.348 e. The SMILES string of the molecule is CCOC(=O)c1c(NC(=O)COC(=O)c2cc(C)c(CC)s2)sc2c1CCC2. The first-order valence-corrected chi connectivity index (χ1v) is 11.0. The molecule has 0 fully saturated rings. The molecule has 0 saturated carbocycles. The van der Waals surface area contributed by atoms with Gasteiger partial charge >= 0.3 is 11.9 Å². The van der Waals surface area contributed by atoms with Crippen LogP contribution in [0, 0.1) is 6.92 Å². The molecule has 28 heavy (non-hydrogen) atoms. The predicted octanol–water partition coefficient (Wildman–Crippen LogP) is 4.14. The number of aryl methyl sites for hydroxylation is 3. The Morgan fingerprint density at radius 1 is 1.11 bits per heavy atom. The molecule has 0 bridgehead atoms. The van der Waals surface area contributed by atoms with Crippen LogP contribution in [0.15, 0.2) is 6.07 Å². The third-order valence-corrected chi connectivity index (χ3v) is 7.10. The van der Waals surface area contributed by atoms with Crippen molar-refractivity contribution in [1.29, 1.82) is 0 Å². The van der Waals surface area contributed by atoms with Crippen molar-refractivity contribution in [3.05, 3.63) is 37.4 Å². The highest BCUT2D eigenvalue weighted by molar-refractivity contribution is 7.17. The number of amides is 1. The van der Waals surface area contributed by atoms with Gasteiger partial charge in [0.15, 0.2) is 6.61 Å². The molecule has 8 heteroatoms. The first-order chi connectivity index (χ1) is 13.4. The Balaban J connectivity index is 1.65. The third kappa shape index (κ3) is 4.28. The van der Waals surface area contributed by atoms with Crippen LogP contribution in [0.5, 0.6) is 0 Å². The van der Waals surface area contributed by atoms with Gasteiger partial charge in [-0.15, -0.1) is 22.7 Å². The number of hydrogen-bond acceptors (Lipinski definition) is 7. The van der Waals surface area contributed by atoms with Gasteiger partial charge in [0.25, 0.3) is 5.91 Å². The van der Waals surface area contributed by atoms with E-state index in [0.29, 0.717) is 15.4 Å². The van der Waals surface area contributed by atoms with Gasteiger partial charge in [-0.1, -0.05) is 6.92 Å². The quantitative estimate of drug-likeness (QED) is 0.680. The first-order valence-electron chi connectivity index (χ1n) is 9.32. The highest BCUT2D eigenvalue weighted by Crippen LogP contribution is 2.39. The van der Waals surface area contributed by atoms with E-state index in [0.717, 1.165) is 46.6 Å². The fourth-order valence-electron chi connectivity index (χ4n) is 3.25. The molecule has 0 aromatic carbocycles. The Kier molecular flexibility index (Phi) is 6.51. The molecule has 2 heterocycles. The Hall–Kier alpha value is -2.19. The number of hydrogen-bond donors (Lipinski definition) is 1.